The number of aryl methyl sites for hydroxylation is 1. The molecule has 3 N–H and O–H groups in total. The summed E-state index contributed by atoms with van der Waals surface area (Å²) in [6, 6.07) is 7.22. The van der Waals surface area contributed by atoms with E-state index >= 15 is 0 Å². The molecule has 1 atom stereocenters. The number of hydrogen-bond donors (Lipinski definition) is 2. The van der Waals surface area contributed by atoms with Crippen LogP contribution in [0.1, 0.15) is 34.5 Å². The lowest BCUT2D eigenvalue weighted by molar-refractivity contribution is -0.00805. The van der Waals surface area contributed by atoms with Crippen molar-refractivity contribution in [3.05, 3.63) is 53.3 Å². The summed E-state index contributed by atoms with van der Waals surface area (Å²) >= 11 is 0. The normalized spacial score (nSPS) is 17.1. The molecule has 28 heavy (non-hydrogen) atoms. The minimum absolute atomic E-state index is 0. The van der Waals surface area contributed by atoms with E-state index in [0.717, 1.165) is 36.7 Å². The molecule has 3 rings (SSSR count). The Balaban J connectivity index is 0.00000280. The second-order valence-electron chi connectivity index (χ2n) is 6.48. The molecule has 1 aromatic heterocycles. The summed E-state index contributed by atoms with van der Waals surface area (Å²) in [5, 5.41) is 7.59. The largest absolute Gasteiger partial charge is 0.370 e. The van der Waals surface area contributed by atoms with Gasteiger partial charge in [-0.15, -0.1) is 24.0 Å². The van der Waals surface area contributed by atoms with Gasteiger partial charge in [0, 0.05) is 37.5 Å². The van der Waals surface area contributed by atoms with Crippen molar-refractivity contribution in [2.24, 2.45) is 17.8 Å². The van der Waals surface area contributed by atoms with Gasteiger partial charge in [-0.1, -0.05) is 12.1 Å². The number of hydrogen-bond acceptors (Lipinski definition) is 4. The summed E-state index contributed by atoms with van der Waals surface area (Å²) < 4.78 is 7.70. The molecule has 0 bridgehead atoms. The third kappa shape index (κ3) is 5.68. The molecule has 8 nitrogen and oxygen atoms in total. The van der Waals surface area contributed by atoms with Crippen LogP contribution in [-0.2, 0) is 18.3 Å². The third-order valence-corrected chi connectivity index (χ3v) is 4.45. The zero-order chi connectivity index (χ0) is 19.2. The molecule has 0 radical (unpaired) electrons. The Morgan fingerprint density at radius 2 is 2.14 bits per heavy atom. The highest BCUT2D eigenvalue weighted by Gasteiger charge is 2.25. The fourth-order valence-electron chi connectivity index (χ4n) is 3.02. The number of ether oxygens (including phenoxy) is 1. The molecule has 152 valence electrons. The van der Waals surface area contributed by atoms with E-state index in [2.05, 4.69) is 22.2 Å². The second kappa shape index (κ2) is 10.4. The summed E-state index contributed by atoms with van der Waals surface area (Å²) in [5.41, 5.74) is 7.88. The number of guanidine groups is 1. The number of nitrogens with zero attached hydrogens (tertiary/aromatic N) is 4. The van der Waals surface area contributed by atoms with Crippen LogP contribution in [0.4, 0.5) is 0 Å². The van der Waals surface area contributed by atoms with Gasteiger partial charge < -0.3 is 20.7 Å². The van der Waals surface area contributed by atoms with Gasteiger partial charge in [0.2, 0.25) is 5.91 Å². The van der Waals surface area contributed by atoms with Gasteiger partial charge in [-0.25, -0.2) is 4.99 Å². The van der Waals surface area contributed by atoms with E-state index in [1.807, 2.05) is 31.6 Å². The number of carbonyl (C=O) groups is 1. The van der Waals surface area contributed by atoms with Gasteiger partial charge in [0.25, 0.3) is 0 Å². The van der Waals surface area contributed by atoms with E-state index in [1.165, 1.54) is 0 Å². The van der Waals surface area contributed by atoms with Crippen molar-refractivity contribution in [2.45, 2.75) is 19.6 Å². The van der Waals surface area contributed by atoms with E-state index in [1.54, 1.807) is 16.8 Å². The van der Waals surface area contributed by atoms with Gasteiger partial charge in [0.05, 0.1) is 25.9 Å². The maximum absolute atomic E-state index is 11.2. The van der Waals surface area contributed by atoms with Crippen LogP contribution in [0, 0.1) is 0 Å². The molecule has 0 saturated carbocycles. The first kappa shape index (κ1) is 22.2. The van der Waals surface area contributed by atoms with Gasteiger partial charge in [-0.2, -0.15) is 5.10 Å². The van der Waals surface area contributed by atoms with Crippen LogP contribution < -0.4 is 11.1 Å². The van der Waals surface area contributed by atoms with E-state index in [4.69, 9.17) is 15.5 Å². The number of nitrogens with one attached hydrogen (secondary N) is 1. The topological polar surface area (TPSA) is 97.8 Å². The Kier molecular flexibility index (Phi) is 8.24. The minimum Gasteiger partial charge on any atom is -0.370 e. The summed E-state index contributed by atoms with van der Waals surface area (Å²) in [4.78, 5) is 18.1. The molecule has 1 unspecified atom stereocenters. The SMILES string of the molecule is CCNC(=NCc1ccc(C(N)=O)cc1)N1CCOC(c2cnn(C)c2)C1.I. The van der Waals surface area contributed by atoms with E-state index < -0.39 is 5.91 Å². The Hall–Kier alpha value is -2.14. The average Bonchev–Trinajstić information content (AvgIpc) is 3.12. The summed E-state index contributed by atoms with van der Waals surface area (Å²) in [7, 11) is 1.90. The lowest BCUT2D eigenvalue weighted by Crippen LogP contribution is -2.48. The minimum atomic E-state index is -0.423. The Morgan fingerprint density at radius 1 is 1.39 bits per heavy atom. The predicted molar refractivity (Wildman–Crippen MR) is 119 cm³/mol. The summed E-state index contributed by atoms with van der Waals surface area (Å²) in [6.07, 6.45) is 3.81. The number of halogens is 1. The number of benzene rings is 1. The molecule has 1 saturated heterocycles. The molecule has 1 aliphatic rings. The zero-order valence-corrected chi connectivity index (χ0v) is 18.5. The number of morpholine rings is 1. The molecule has 1 amide bonds. The molecular formula is C19H27IN6O2. The zero-order valence-electron chi connectivity index (χ0n) is 16.2. The highest BCUT2D eigenvalue weighted by Crippen LogP contribution is 2.21. The van der Waals surface area contributed by atoms with E-state index in [-0.39, 0.29) is 30.1 Å². The molecular weight excluding hydrogens is 471 g/mol. The molecule has 0 aliphatic carbocycles. The number of nitrogens with two attached hydrogens (primary N) is 1. The predicted octanol–water partition coefficient (Wildman–Crippen LogP) is 1.68. The standard InChI is InChI=1S/C19H26N6O2.HI/c1-3-21-19(22-10-14-4-6-15(7-5-14)18(20)26)25-8-9-27-17(13-25)16-11-23-24(2)12-16;/h4-7,11-12,17H,3,8-10,13H2,1-2H3,(H2,20,26)(H,21,22);1H. The number of amides is 1. The molecule has 1 aromatic carbocycles. The van der Waals surface area contributed by atoms with Crippen LogP contribution >= 0.6 is 24.0 Å². The number of rotatable bonds is 5. The number of aliphatic imine (C=N–C) groups is 1. The van der Waals surface area contributed by atoms with Crippen molar-refractivity contribution < 1.29 is 9.53 Å². The van der Waals surface area contributed by atoms with Crippen molar-refractivity contribution in [3.63, 3.8) is 0 Å². The van der Waals surface area contributed by atoms with Crippen LogP contribution in [0.25, 0.3) is 0 Å². The first-order valence-electron chi connectivity index (χ1n) is 9.09. The van der Waals surface area contributed by atoms with Gasteiger partial charge in [0.1, 0.15) is 6.10 Å². The number of carbonyl (C=O) groups excluding carboxylic acids is 1. The fourth-order valence-corrected chi connectivity index (χ4v) is 3.02. The maximum atomic E-state index is 11.2. The maximum Gasteiger partial charge on any atom is 0.248 e. The lowest BCUT2D eigenvalue weighted by atomic mass is 10.1. The smallest absolute Gasteiger partial charge is 0.248 e. The van der Waals surface area contributed by atoms with Crippen LogP contribution in [0.5, 0.6) is 0 Å². The Bertz CT molecular complexity index is 805. The number of primary amides is 1. The average molecular weight is 498 g/mol. The van der Waals surface area contributed by atoms with Crippen LogP contribution in [-0.4, -0.2) is 52.8 Å². The fraction of sp³-hybridized carbons (Fsp3) is 0.421. The molecule has 1 fully saturated rings. The van der Waals surface area contributed by atoms with Crippen molar-refractivity contribution in [2.75, 3.05) is 26.2 Å². The monoisotopic (exact) mass is 498 g/mol. The van der Waals surface area contributed by atoms with Crippen LogP contribution in [0.2, 0.25) is 0 Å². The Labute approximate surface area is 182 Å². The summed E-state index contributed by atoms with van der Waals surface area (Å²) in [5.74, 6) is 0.432. The number of aromatic nitrogens is 2. The quantitative estimate of drug-likeness (QED) is 0.372. The third-order valence-electron chi connectivity index (χ3n) is 4.45. The van der Waals surface area contributed by atoms with E-state index in [9.17, 15) is 4.79 Å². The first-order chi connectivity index (χ1) is 13.1. The van der Waals surface area contributed by atoms with Gasteiger partial charge in [-0.3, -0.25) is 9.48 Å². The van der Waals surface area contributed by atoms with Crippen molar-refractivity contribution in [3.8, 4) is 0 Å². The van der Waals surface area contributed by atoms with Crippen LogP contribution in [0.3, 0.4) is 0 Å². The van der Waals surface area contributed by atoms with Gasteiger partial charge in [0.15, 0.2) is 5.96 Å². The van der Waals surface area contributed by atoms with Crippen molar-refractivity contribution in [1.82, 2.24) is 20.0 Å². The first-order valence-corrected chi connectivity index (χ1v) is 9.09. The lowest BCUT2D eigenvalue weighted by Gasteiger charge is -2.34. The molecule has 9 heteroatoms. The van der Waals surface area contributed by atoms with Crippen LogP contribution in [0.15, 0.2) is 41.7 Å². The van der Waals surface area contributed by atoms with Crippen molar-refractivity contribution in [1.29, 1.82) is 0 Å². The van der Waals surface area contributed by atoms with Crippen molar-refractivity contribution >= 4 is 35.8 Å². The highest BCUT2D eigenvalue weighted by molar-refractivity contribution is 14.0. The molecule has 2 heterocycles. The summed E-state index contributed by atoms with van der Waals surface area (Å²) in [6.45, 7) is 5.50. The van der Waals surface area contributed by atoms with Gasteiger partial charge >= 0.3 is 0 Å². The second-order valence-corrected chi connectivity index (χ2v) is 6.48. The molecule has 2 aromatic rings. The van der Waals surface area contributed by atoms with E-state index in [0.29, 0.717) is 18.7 Å². The molecule has 1 aliphatic heterocycles. The molecule has 0 spiro atoms. The Morgan fingerprint density at radius 3 is 2.75 bits per heavy atom. The van der Waals surface area contributed by atoms with Gasteiger partial charge in [-0.05, 0) is 24.6 Å². The highest BCUT2D eigenvalue weighted by atomic mass is 127.